The van der Waals surface area contributed by atoms with Gasteiger partial charge in [0.25, 0.3) is 0 Å². The lowest BCUT2D eigenvalue weighted by Crippen LogP contribution is -2.54. The van der Waals surface area contributed by atoms with E-state index in [2.05, 4.69) is 79.8 Å². The van der Waals surface area contributed by atoms with E-state index in [-0.39, 0.29) is 118 Å². The second-order valence-corrected chi connectivity index (χ2v) is 24.9. The first-order valence-corrected chi connectivity index (χ1v) is 32.3. The van der Waals surface area contributed by atoms with Crippen LogP contribution in [-0.2, 0) is 63.8 Å². The number of primary amides is 1. The lowest BCUT2D eigenvalue weighted by Gasteiger charge is -2.39. The minimum absolute atomic E-state index is 0.0388. The first-order chi connectivity index (χ1) is 44.5. The zero-order valence-electron chi connectivity index (χ0n) is 54.4. The summed E-state index contributed by atoms with van der Waals surface area (Å²) in [4.78, 5) is 114. The molecule has 7 rings (SSSR count). The Hall–Kier alpha value is -8.61. The fraction of sp³-hybridized carbons (Fsp3) is 0.522. The first-order valence-electron chi connectivity index (χ1n) is 32.3. The van der Waals surface area contributed by atoms with Crippen molar-refractivity contribution in [2.75, 3.05) is 38.3 Å². The van der Waals surface area contributed by atoms with Crippen LogP contribution in [0.1, 0.15) is 142 Å². The molecule has 1 spiro atoms. The van der Waals surface area contributed by atoms with Crippen LogP contribution in [-0.4, -0.2) is 141 Å². The number of ether oxygens (including phenoxy) is 6. The number of nitrogens with two attached hydrogens (primary N) is 1. The number of alkyl carbamates (subject to hydrolysis) is 2. The number of unbranched alkanes of at least 4 members (excludes halogenated alkanes) is 2. The van der Waals surface area contributed by atoms with Gasteiger partial charge in [-0.1, -0.05) is 112 Å². The third-order valence-electron chi connectivity index (χ3n) is 16.8. The molecule has 0 saturated carbocycles. The van der Waals surface area contributed by atoms with E-state index in [0.29, 0.717) is 62.9 Å². The Morgan fingerprint density at radius 2 is 1.43 bits per heavy atom. The lowest BCUT2D eigenvalue weighted by molar-refractivity contribution is -0.143. The third-order valence-corrected chi connectivity index (χ3v) is 16.8. The SMILES string of the molecule is CC(=O)O[C@@H](C)/C=C\C(=O)N[C@@H]1C[C@H](C)[C@H](C/C=C(C)/C=C/[C@@H]2C[C@]3(CO3)C[C@@H](CC(=O)NCNC(=O)OCc3ccc(NC(=O)[C@H](CCCNC(N)=O)NC(=O)[C@@H](NC(=O)CCCCCNC(=O)OCC4c5ccccc5-c5ccccc54)C(C)C)cc3)O2)O[C@@H]1C. The Bertz CT molecular complexity index is 3120. The normalized spacial score (nSPS) is 21.7. The molecule has 0 aromatic heterocycles. The van der Waals surface area contributed by atoms with Crippen molar-refractivity contribution in [1.29, 1.82) is 0 Å². The van der Waals surface area contributed by atoms with Gasteiger partial charge in [0.2, 0.25) is 29.5 Å². The molecule has 0 unspecified atom stereocenters. The molecule has 3 aromatic carbocycles. The number of anilines is 1. The lowest BCUT2D eigenvalue weighted by atomic mass is 9.88. The number of allylic oxidation sites excluding steroid dienone is 2. The van der Waals surface area contributed by atoms with E-state index >= 15 is 0 Å². The Kier molecular flexibility index (Phi) is 27.4. The molecule has 0 radical (unpaired) electrons. The Balaban J connectivity index is 0.772. The highest BCUT2D eigenvalue weighted by Crippen LogP contribution is 2.45. The summed E-state index contributed by atoms with van der Waals surface area (Å²) in [5.74, 6) is -2.68. The van der Waals surface area contributed by atoms with Crippen molar-refractivity contribution in [3.63, 3.8) is 0 Å². The van der Waals surface area contributed by atoms with Crippen LogP contribution in [0.15, 0.2) is 109 Å². The molecule has 4 aliphatic rings. The van der Waals surface area contributed by atoms with E-state index in [4.69, 9.17) is 34.2 Å². The number of fused-ring (bicyclic) bond motifs is 3. The number of urea groups is 1. The summed E-state index contributed by atoms with van der Waals surface area (Å²) >= 11 is 0. The van der Waals surface area contributed by atoms with Gasteiger partial charge in [-0.3, -0.25) is 28.8 Å². The summed E-state index contributed by atoms with van der Waals surface area (Å²) in [5, 5.41) is 21.9. The number of hydrogen-bond acceptors (Lipinski definition) is 15. The number of carbonyl (C=O) groups excluding carboxylic acids is 9. The first kappa shape index (κ1) is 71.8. The van der Waals surface area contributed by atoms with E-state index in [9.17, 15) is 43.2 Å². The number of nitrogens with one attached hydrogen (secondary N) is 8. The molecular weight excluding hydrogens is 1190 g/mol. The van der Waals surface area contributed by atoms with E-state index in [1.54, 1.807) is 45.0 Å². The van der Waals surface area contributed by atoms with Crippen molar-refractivity contribution in [1.82, 2.24) is 37.2 Å². The zero-order chi connectivity index (χ0) is 67.0. The van der Waals surface area contributed by atoms with Crippen LogP contribution in [0.2, 0.25) is 0 Å². The van der Waals surface area contributed by atoms with Gasteiger partial charge in [-0.05, 0) is 117 Å². The van der Waals surface area contributed by atoms with E-state index < -0.39 is 60.3 Å². The van der Waals surface area contributed by atoms with Crippen molar-refractivity contribution in [3.05, 3.63) is 125 Å². The molecule has 504 valence electrons. The van der Waals surface area contributed by atoms with Gasteiger partial charge in [-0.25, -0.2) is 14.4 Å². The molecule has 10 N–H and O–H groups in total. The van der Waals surface area contributed by atoms with Gasteiger partial charge in [0.1, 0.15) is 31.4 Å². The van der Waals surface area contributed by atoms with Crippen LogP contribution in [0.3, 0.4) is 0 Å². The van der Waals surface area contributed by atoms with E-state index in [1.807, 2.05) is 50.3 Å². The third kappa shape index (κ3) is 23.5. The van der Waals surface area contributed by atoms with Crippen LogP contribution in [0.5, 0.6) is 0 Å². The van der Waals surface area contributed by atoms with Crippen LogP contribution in [0.25, 0.3) is 11.1 Å². The number of rotatable bonds is 32. The van der Waals surface area contributed by atoms with E-state index in [1.165, 1.54) is 19.1 Å². The van der Waals surface area contributed by atoms with Gasteiger partial charge in [0, 0.05) is 57.0 Å². The van der Waals surface area contributed by atoms with Gasteiger partial charge < -0.3 is 76.7 Å². The molecule has 3 fully saturated rings. The fourth-order valence-corrected chi connectivity index (χ4v) is 11.7. The molecular formula is C69H93N9O15. The van der Waals surface area contributed by atoms with Crippen molar-refractivity contribution in [3.8, 4) is 11.1 Å². The number of epoxide rings is 1. The molecule has 3 aliphatic heterocycles. The highest BCUT2D eigenvalue weighted by Gasteiger charge is 2.51. The second-order valence-electron chi connectivity index (χ2n) is 24.9. The fourth-order valence-electron chi connectivity index (χ4n) is 11.7. The predicted octanol–water partition coefficient (Wildman–Crippen LogP) is 7.50. The van der Waals surface area contributed by atoms with Crippen LogP contribution >= 0.6 is 0 Å². The van der Waals surface area contributed by atoms with Gasteiger partial charge >= 0.3 is 24.2 Å². The molecule has 10 atom stereocenters. The van der Waals surface area contributed by atoms with Crippen molar-refractivity contribution in [2.45, 2.75) is 186 Å². The van der Waals surface area contributed by atoms with Gasteiger partial charge in [0.15, 0.2) is 0 Å². The monoisotopic (exact) mass is 1290 g/mol. The molecule has 24 heteroatoms. The summed E-state index contributed by atoms with van der Waals surface area (Å²) in [6, 6.07) is 19.8. The molecule has 3 aromatic rings. The minimum atomic E-state index is -1.07. The van der Waals surface area contributed by atoms with Crippen LogP contribution in [0, 0.1) is 11.8 Å². The Labute approximate surface area is 544 Å². The van der Waals surface area contributed by atoms with Crippen molar-refractivity contribution in [2.24, 2.45) is 17.6 Å². The average Bonchev–Trinajstić information content (AvgIpc) is 1.63. The summed E-state index contributed by atoms with van der Waals surface area (Å²) in [6.45, 7) is 13.6. The number of benzene rings is 3. The maximum Gasteiger partial charge on any atom is 0.408 e. The Morgan fingerprint density at radius 3 is 2.11 bits per heavy atom. The maximum atomic E-state index is 13.8. The molecule has 9 amide bonds. The predicted molar refractivity (Wildman–Crippen MR) is 348 cm³/mol. The quantitative estimate of drug-likeness (QED) is 0.00556. The van der Waals surface area contributed by atoms with Crippen LogP contribution < -0.4 is 48.3 Å². The minimum Gasteiger partial charge on any atom is -0.459 e. The molecule has 24 nitrogen and oxygen atoms in total. The maximum absolute atomic E-state index is 13.8. The van der Waals surface area contributed by atoms with Crippen molar-refractivity contribution >= 4 is 59.4 Å². The molecule has 3 heterocycles. The smallest absolute Gasteiger partial charge is 0.408 e. The summed E-state index contributed by atoms with van der Waals surface area (Å²) in [5.41, 5.74) is 11.4. The van der Waals surface area contributed by atoms with Gasteiger partial charge in [0.05, 0.1) is 55.8 Å². The zero-order valence-corrected chi connectivity index (χ0v) is 54.4. The van der Waals surface area contributed by atoms with E-state index in [0.717, 1.165) is 34.2 Å². The number of esters is 1. The number of amides is 9. The molecule has 3 saturated heterocycles. The second kappa shape index (κ2) is 35.4. The van der Waals surface area contributed by atoms with Crippen molar-refractivity contribution < 1.29 is 71.6 Å². The molecule has 1 aliphatic carbocycles. The highest BCUT2D eigenvalue weighted by atomic mass is 16.6. The number of hydrogen-bond donors (Lipinski definition) is 9. The topological polar surface area (TPSA) is 335 Å². The standard InChI is InChI=1S/C69H93N9O15/c1-42(2)63(78-60(80)21-9-8-14-32-72-67(86)89-39-56-54-18-12-10-16-52(54)53-17-11-13-19-55(53)56)65(84)77-57(20-15-33-71-66(70)85)64(83)75-49-27-25-48(26-28-49)38-88-68(87)74-41-73-62(82)35-51-37-69(40-90-69)36-50(93-51)29-22-43(3)23-30-59-44(4)34-58(46(6)92-59)76-61(81)31-24-45(5)91-47(7)79/h10-13,16-19,22-29,31,42,44-46,50-51,56-59,63H,8-9,14-15,20-21,30,32-41H2,1-7H3,(H,72,86)(H,73,82)(H,74,87)(H,75,83)(H,76,81)(H,77,84)(H,78,80)(H3,70,71,85)/b29-22+,31-24-,43-23+/t44-,45-,46+,50+,51+,57-,58+,59-,63-,69+/m0/s1. The van der Waals surface area contributed by atoms with Gasteiger partial charge in [-0.15, -0.1) is 0 Å². The number of carbonyl (C=O) groups is 9. The molecule has 93 heavy (non-hydrogen) atoms. The Morgan fingerprint density at radius 1 is 0.742 bits per heavy atom. The summed E-state index contributed by atoms with van der Waals surface area (Å²) in [6.07, 6.45) is 11.3. The summed E-state index contributed by atoms with van der Waals surface area (Å²) in [7, 11) is 0. The molecule has 0 bridgehead atoms. The average molecular weight is 1290 g/mol. The summed E-state index contributed by atoms with van der Waals surface area (Å²) < 4.78 is 34.6. The van der Waals surface area contributed by atoms with Crippen LogP contribution in [0.4, 0.5) is 20.1 Å². The van der Waals surface area contributed by atoms with Gasteiger partial charge in [-0.2, -0.15) is 0 Å². The highest BCUT2D eigenvalue weighted by molar-refractivity contribution is 5.98. The largest absolute Gasteiger partial charge is 0.459 e.